The summed E-state index contributed by atoms with van der Waals surface area (Å²) >= 11 is 6.97. The van der Waals surface area contributed by atoms with Crippen LogP contribution >= 0.6 is 23.6 Å². The minimum atomic E-state index is 0.135. The first kappa shape index (κ1) is 15.9. The summed E-state index contributed by atoms with van der Waals surface area (Å²) in [5.74, 6) is 0. The van der Waals surface area contributed by atoms with Crippen molar-refractivity contribution in [2.24, 2.45) is 0 Å². The number of hydrogen-bond donors (Lipinski definition) is 2. The van der Waals surface area contributed by atoms with Gasteiger partial charge in [0.15, 0.2) is 10.2 Å². The maximum atomic E-state index is 5.35. The van der Waals surface area contributed by atoms with E-state index in [1.165, 1.54) is 10.3 Å². The van der Waals surface area contributed by atoms with E-state index in [1.54, 1.807) is 11.3 Å². The zero-order chi connectivity index (χ0) is 16.4. The van der Waals surface area contributed by atoms with Crippen molar-refractivity contribution in [2.45, 2.75) is 26.2 Å². The van der Waals surface area contributed by atoms with Crippen molar-refractivity contribution in [2.75, 3.05) is 10.6 Å². The Morgan fingerprint density at radius 3 is 2.48 bits per heavy atom. The molecule has 0 amide bonds. The number of thiazole rings is 1. The summed E-state index contributed by atoms with van der Waals surface area (Å²) < 4.78 is 1.17. The SMILES string of the molecule is CC(C)(C)c1ccc2nc(NC(=S)Nc3ccccc3)sc2c1. The Balaban J connectivity index is 1.77. The van der Waals surface area contributed by atoms with Crippen LogP contribution in [0.3, 0.4) is 0 Å². The van der Waals surface area contributed by atoms with E-state index in [0.29, 0.717) is 5.11 Å². The van der Waals surface area contributed by atoms with Gasteiger partial charge in [-0.05, 0) is 47.5 Å². The van der Waals surface area contributed by atoms with E-state index >= 15 is 0 Å². The summed E-state index contributed by atoms with van der Waals surface area (Å²) in [5.41, 5.74) is 3.40. The van der Waals surface area contributed by atoms with Gasteiger partial charge in [-0.15, -0.1) is 0 Å². The van der Waals surface area contributed by atoms with Crippen molar-refractivity contribution >= 4 is 49.7 Å². The van der Waals surface area contributed by atoms with Crippen LogP contribution in [0.1, 0.15) is 26.3 Å². The zero-order valence-corrected chi connectivity index (χ0v) is 15.0. The van der Waals surface area contributed by atoms with Gasteiger partial charge in [0, 0.05) is 5.69 Å². The van der Waals surface area contributed by atoms with Gasteiger partial charge < -0.3 is 10.6 Å². The second-order valence-electron chi connectivity index (χ2n) is 6.40. The van der Waals surface area contributed by atoms with E-state index in [1.807, 2.05) is 30.3 Å². The summed E-state index contributed by atoms with van der Waals surface area (Å²) in [6, 6.07) is 16.3. The zero-order valence-electron chi connectivity index (χ0n) is 13.4. The van der Waals surface area contributed by atoms with Crippen molar-refractivity contribution in [3.63, 3.8) is 0 Å². The third kappa shape index (κ3) is 3.86. The molecule has 1 aromatic heterocycles. The molecule has 2 N–H and O–H groups in total. The van der Waals surface area contributed by atoms with Crippen LogP contribution in [0.15, 0.2) is 48.5 Å². The van der Waals surface area contributed by atoms with Crippen molar-refractivity contribution < 1.29 is 0 Å². The van der Waals surface area contributed by atoms with Crippen LogP contribution in [0, 0.1) is 0 Å². The molecule has 3 rings (SSSR count). The molecular weight excluding hydrogens is 322 g/mol. The van der Waals surface area contributed by atoms with Crippen molar-refractivity contribution in [3.05, 3.63) is 54.1 Å². The van der Waals surface area contributed by atoms with Gasteiger partial charge in [-0.3, -0.25) is 0 Å². The number of benzene rings is 2. The molecule has 118 valence electrons. The number of nitrogens with one attached hydrogen (secondary N) is 2. The summed E-state index contributed by atoms with van der Waals surface area (Å²) in [4.78, 5) is 4.60. The highest BCUT2D eigenvalue weighted by Crippen LogP contribution is 2.31. The minimum absolute atomic E-state index is 0.135. The second kappa shape index (κ2) is 6.26. The molecule has 3 aromatic rings. The predicted molar refractivity (Wildman–Crippen MR) is 105 cm³/mol. The van der Waals surface area contributed by atoms with Crippen LogP contribution in [0.4, 0.5) is 10.8 Å². The Morgan fingerprint density at radius 1 is 1.04 bits per heavy atom. The third-order valence-electron chi connectivity index (χ3n) is 3.51. The highest BCUT2D eigenvalue weighted by Gasteiger charge is 2.15. The van der Waals surface area contributed by atoms with Gasteiger partial charge in [0.2, 0.25) is 0 Å². The Morgan fingerprint density at radius 2 is 1.78 bits per heavy atom. The van der Waals surface area contributed by atoms with Gasteiger partial charge in [-0.25, -0.2) is 4.98 Å². The van der Waals surface area contributed by atoms with Crippen molar-refractivity contribution in [1.82, 2.24) is 4.98 Å². The van der Waals surface area contributed by atoms with Crippen LogP contribution in [0.2, 0.25) is 0 Å². The smallest absolute Gasteiger partial charge is 0.190 e. The lowest BCUT2D eigenvalue weighted by atomic mass is 9.87. The number of hydrogen-bond acceptors (Lipinski definition) is 3. The fourth-order valence-corrected chi connectivity index (χ4v) is 3.41. The molecule has 23 heavy (non-hydrogen) atoms. The molecule has 2 aromatic carbocycles. The first-order valence-corrected chi connectivity index (χ1v) is 8.68. The number of anilines is 2. The third-order valence-corrected chi connectivity index (χ3v) is 4.64. The van der Waals surface area contributed by atoms with Crippen molar-refractivity contribution in [1.29, 1.82) is 0 Å². The van der Waals surface area contributed by atoms with E-state index in [0.717, 1.165) is 16.3 Å². The average molecular weight is 342 g/mol. The second-order valence-corrected chi connectivity index (χ2v) is 7.84. The molecule has 5 heteroatoms. The van der Waals surface area contributed by atoms with Gasteiger partial charge in [-0.1, -0.05) is 56.4 Å². The average Bonchev–Trinajstić information content (AvgIpc) is 2.88. The number of aromatic nitrogens is 1. The molecule has 0 aliphatic heterocycles. The lowest BCUT2D eigenvalue weighted by molar-refractivity contribution is 0.591. The normalized spacial score (nSPS) is 11.4. The maximum absolute atomic E-state index is 5.35. The number of rotatable bonds is 2. The van der Waals surface area contributed by atoms with E-state index in [2.05, 4.69) is 54.6 Å². The summed E-state index contributed by atoms with van der Waals surface area (Å²) in [6.07, 6.45) is 0. The topological polar surface area (TPSA) is 37.0 Å². The maximum Gasteiger partial charge on any atom is 0.190 e. The summed E-state index contributed by atoms with van der Waals surface area (Å²) in [5, 5.41) is 7.68. The Bertz CT molecular complexity index is 832. The Hall–Kier alpha value is -1.98. The largest absolute Gasteiger partial charge is 0.332 e. The molecule has 3 nitrogen and oxygen atoms in total. The Kier molecular flexibility index (Phi) is 4.33. The van der Waals surface area contributed by atoms with E-state index < -0.39 is 0 Å². The summed E-state index contributed by atoms with van der Waals surface area (Å²) in [7, 11) is 0. The molecule has 0 aliphatic rings. The quantitative estimate of drug-likeness (QED) is 0.612. The highest BCUT2D eigenvalue weighted by molar-refractivity contribution is 7.80. The monoisotopic (exact) mass is 341 g/mol. The first-order chi connectivity index (χ1) is 10.9. The van der Waals surface area contributed by atoms with Gasteiger partial charge in [0.25, 0.3) is 0 Å². The molecule has 0 aliphatic carbocycles. The van der Waals surface area contributed by atoms with Crippen LogP contribution in [0.5, 0.6) is 0 Å². The van der Waals surface area contributed by atoms with Crippen LogP contribution < -0.4 is 10.6 Å². The molecule has 0 bridgehead atoms. The number of thiocarbonyl (C=S) groups is 1. The standard InChI is InChI=1S/C18H19N3S2/c1-18(2,3)12-9-10-14-15(11-12)23-17(20-14)21-16(22)19-13-7-5-4-6-8-13/h4-11H,1-3H3,(H2,19,20,21,22). The molecule has 0 atom stereocenters. The molecule has 0 saturated carbocycles. The predicted octanol–water partition coefficient (Wildman–Crippen LogP) is 5.40. The lowest BCUT2D eigenvalue weighted by Crippen LogP contribution is -2.18. The van der Waals surface area contributed by atoms with Crippen molar-refractivity contribution in [3.8, 4) is 0 Å². The molecule has 0 spiro atoms. The molecule has 0 saturated heterocycles. The molecule has 0 fully saturated rings. The lowest BCUT2D eigenvalue weighted by Gasteiger charge is -2.18. The number of para-hydroxylation sites is 1. The van der Waals surface area contributed by atoms with Crippen LogP contribution in [-0.2, 0) is 5.41 Å². The highest BCUT2D eigenvalue weighted by atomic mass is 32.1. The van der Waals surface area contributed by atoms with Gasteiger partial charge in [0.1, 0.15) is 0 Å². The Labute approximate surface area is 145 Å². The minimum Gasteiger partial charge on any atom is -0.332 e. The number of nitrogens with zero attached hydrogens (tertiary/aromatic N) is 1. The molecule has 0 radical (unpaired) electrons. The molecular formula is C18H19N3S2. The fourth-order valence-electron chi connectivity index (χ4n) is 2.23. The van der Waals surface area contributed by atoms with E-state index in [4.69, 9.17) is 12.2 Å². The molecule has 1 heterocycles. The van der Waals surface area contributed by atoms with E-state index in [-0.39, 0.29) is 5.41 Å². The summed E-state index contributed by atoms with van der Waals surface area (Å²) in [6.45, 7) is 6.65. The van der Waals surface area contributed by atoms with Crippen LogP contribution in [-0.4, -0.2) is 10.1 Å². The van der Waals surface area contributed by atoms with Gasteiger partial charge in [0.05, 0.1) is 10.2 Å². The van der Waals surface area contributed by atoms with Gasteiger partial charge in [-0.2, -0.15) is 0 Å². The van der Waals surface area contributed by atoms with Crippen LogP contribution in [0.25, 0.3) is 10.2 Å². The molecule has 0 unspecified atom stereocenters. The van der Waals surface area contributed by atoms with E-state index in [9.17, 15) is 0 Å². The fraction of sp³-hybridized carbons (Fsp3) is 0.222. The number of fused-ring (bicyclic) bond motifs is 1. The first-order valence-electron chi connectivity index (χ1n) is 7.46. The van der Waals surface area contributed by atoms with Gasteiger partial charge >= 0.3 is 0 Å².